The topological polar surface area (TPSA) is 97.7 Å². The Balaban J connectivity index is 2.13. The zero-order chi connectivity index (χ0) is 21.9. The number of nitrogens with zero attached hydrogens (tertiary/aromatic N) is 1. The van der Waals surface area contributed by atoms with Gasteiger partial charge < -0.3 is 19.5 Å². The van der Waals surface area contributed by atoms with Crippen molar-refractivity contribution in [3.8, 4) is 17.6 Å². The van der Waals surface area contributed by atoms with Crippen molar-refractivity contribution in [2.75, 3.05) is 20.3 Å². The molecule has 0 aliphatic carbocycles. The van der Waals surface area contributed by atoms with E-state index in [1.165, 1.54) is 13.2 Å². The monoisotopic (exact) mass is 408 g/mol. The van der Waals surface area contributed by atoms with Crippen molar-refractivity contribution < 1.29 is 23.8 Å². The first-order chi connectivity index (χ1) is 14.5. The molecule has 0 radical (unpaired) electrons. The van der Waals surface area contributed by atoms with Crippen LogP contribution in [0.2, 0.25) is 0 Å². The number of methoxy groups -OCH3 is 1. The van der Waals surface area contributed by atoms with Gasteiger partial charge in [-0.25, -0.2) is 4.79 Å². The number of hydrogen-bond acceptors (Lipinski definition) is 6. The highest BCUT2D eigenvalue weighted by Gasteiger charge is 2.15. The second kappa shape index (κ2) is 11.3. The van der Waals surface area contributed by atoms with Gasteiger partial charge >= 0.3 is 5.97 Å². The summed E-state index contributed by atoms with van der Waals surface area (Å²) in [7, 11) is 1.46. The standard InChI is InChI=1S/C23H24N2O5/c1-4-29-22(26)15-30-20-11-10-17(13-21(20)28-3)12-19(14-24)23(27)25-16(2)18-8-6-5-7-9-18/h5-13,16H,4,15H2,1-3H3,(H,25,27)/b19-12+/t16-/m1/s1. The van der Waals surface area contributed by atoms with E-state index >= 15 is 0 Å². The molecule has 0 fully saturated rings. The maximum absolute atomic E-state index is 12.5. The van der Waals surface area contributed by atoms with Crippen LogP contribution >= 0.6 is 0 Å². The summed E-state index contributed by atoms with van der Waals surface area (Å²) in [5.41, 5.74) is 1.47. The van der Waals surface area contributed by atoms with Crippen molar-refractivity contribution in [2.24, 2.45) is 0 Å². The number of ether oxygens (including phenoxy) is 3. The molecule has 0 unspecified atom stereocenters. The van der Waals surface area contributed by atoms with Crippen LogP contribution in [0, 0.1) is 11.3 Å². The first-order valence-electron chi connectivity index (χ1n) is 9.42. The molecule has 1 N–H and O–H groups in total. The number of nitrogens with one attached hydrogen (secondary N) is 1. The molecule has 0 bridgehead atoms. The molecule has 156 valence electrons. The summed E-state index contributed by atoms with van der Waals surface area (Å²) < 4.78 is 15.5. The number of benzene rings is 2. The lowest BCUT2D eigenvalue weighted by molar-refractivity contribution is -0.145. The molecule has 7 nitrogen and oxygen atoms in total. The Kier molecular flexibility index (Phi) is 8.45. The van der Waals surface area contributed by atoms with Crippen LogP contribution in [-0.2, 0) is 14.3 Å². The van der Waals surface area contributed by atoms with Gasteiger partial charge in [0.05, 0.1) is 19.8 Å². The summed E-state index contributed by atoms with van der Waals surface area (Å²) in [6.45, 7) is 3.58. The average molecular weight is 408 g/mol. The van der Waals surface area contributed by atoms with E-state index in [0.717, 1.165) is 5.56 Å². The molecule has 0 aliphatic rings. The van der Waals surface area contributed by atoms with Gasteiger partial charge in [-0.05, 0) is 43.2 Å². The highest BCUT2D eigenvalue weighted by molar-refractivity contribution is 6.01. The van der Waals surface area contributed by atoms with E-state index in [-0.39, 0.29) is 24.8 Å². The number of nitriles is 1. The van der Waals surface area contributed by atoms with Gasteiger partial charge in [0.15, 0.2) is 18.1 Å². The fourth-order valence-corrected chi connectivity index (χ4v) is 2.65. The van der Waals surface area contributed by atoms with Crippen LogP contribution in [0.4, 0.5) is 0 Å². The molecule has 1 atom stereocenters. The molecule has 7 heteroatoms. The largest absolute Gasteiger partial charge is 0.493 e. The molecular weight excluding hydrogens is 384 g/mol. The van der Waals surface area contributed by atoms with E-state index in [1.807, 2.05) is 43.3 Å². The molecule has 0 aromatic heterocycles. The number of rotatable bonds is 9. The second-order valence-corrected chi connectivity index (χ2v) is 6.28. The Morgan fingerprint density at radius 1 is 1.17 bits per heavy atom. The quantitative estimate of drug-likeness (QED) is 0.388. The molecule has 0 saturated carbocycles. The van der Waals surface area contributed by atoms with Crippen LogP contribution < -0.4 is 14.8 Å². The lowest BCUT2D eigenvalue weighted by atomic mass is 10.1. The minimum absolute atomic E-state index is 0.0416. The molecular formula is C23H24N2O5. The molecule has 0 heterocycles. The van der Waals surface area contributed by atoms with Crippen molar-refractivity contribution in [1.29, 1.82) is 5.26 Å². The van der Waals surface area contributed by atoms with E-state index in [4.69, 9.17) is 14.2 Å². The Bertz CT molecular complexity index is 948. The van der Waals surface area contributed by atoms with Crippen molar-refractivity contribution in [2.45, 2.75) is 19.9 Å². The Morgan fingerprint density at radius 2 is 1.90 bits per heavy atom. The van der Waals surface area contributed by atoms with Crippen LogP contribution in [0.25, 0.3) is 6.08 Å². The van der Waals surface area contributed by atoms with E-state index in [9.17, 15) is 14.9 Å². The summed E-state index contributed by atoms with van der Waals surface area (Å²) >= 11 is 0. The van der Waals surface area contributed by atoms with Crippen molar-refractivity contribution in [3.63, 3.8) is 0 Å². The van der Waals surface area contributed by atoms with Crippen LogP contribution in [0.1, 0.15) is 31.0 Å². The van der Waals surface area contributed by atoms with E-state index in [1.54, 1.807) is 25.1 Å². The lowest BCUT2D eigenvalue weighted by Crippen LogP contribution is -2.27. The summed E-state index contributed by atoms with van der Waals surface area (Å²) in [5.74, 6) is -0.248. The normalized spacial score (nSPS) is 11.7. The van der Waals surface area contributed by atoms with Gasteiger partial charge in [-0.15, -0.1) is 0 Å². The van der Waals surface area contributed by atoms with Gasteiger partial charge in [0.25, 0.3) is 5.91 Å². The maximum atomic E-state index is 12.5. The Morgan fingerprint density at radius 3 is 2.53 bits per heavy atom. The van der Waals surface area contributed by atoms with Crippen molar-refractivity contribution in [1.82, 2.24) is 5.32 Å². The zero-order valence-electron chi connectivity index (χ0n) is 17.2. The molecule has 2 aromatic carbocycles. The molecule has 2 aromatic rings. The third kappa shape index (κ3) is 6.38. The summed E-state index contributed by atoms with van der Waals surface area (Å²) in [4.78, 5) is 24.0. The Labute approximate surface area is 175 Å². The predicted octanol–water partition coefficient (Wildman–Crippen LogP) is 3.42. The smallest absolute Gasteiger partial charge is 0.344 e. The van der Waals surface area contributed by atoms with Crippen molar-refractivity contribution in [3.05, 3.63) is 65.2 Å². The number of esters is 1. The van der Waals surface area contributed by atoms with Crippen LogP contribution in [0.15, 0.2) is 54.1 Å². The van der Waals surface area contributed by atoms with Crippen LogP contribution in [-0.4, -0.2) is 32.2 Å². The molecule has 0 spiro atoms. The van der Waals surface area contributed by atoms with Crippen molar-refractivity contribution >= 4 is 18.0 Å². The first-order valence-corrected chi connectivity index (χ1v) is 9.42. The van der Waals surface area contributed by atoms with E-state index < -0.39 is 11.9 Å². The van der Waals surface area contributed by atoms with Gasteiger partial charge in [0.2, 0.25) is 0 Å². The maximum Gasteiger partial charge on any atom is 0.344 e. The SMILES string of the molecule is CCOC(=O)COc1ccc(/C=C(\C#N)C(=O)N[C@H](C)c2ccccc2)cc1OC. The third-order valence-electron chi connectivity index (χ3n) is 4.16. The minimum atomic E-state index is -0.487. The van der Waals surface area contributed by atoms with Gasteiger partial charge in [0.1, 0.15) is 11.6 Å². The summed E-state index contributed by atoms with van der Waals surface area (Å²) in [6.07, 6.45) is 1.46. The van der Waals surface area contributed by atoms with Gasteiger partial charge in [-0.3, -0.25) is 4.79 Å². The number of carbonyl (C=O) groups is 2. The molecule has 0 saturated heterocycles. The zero-order valence-corrected chi connectivity index (χ0v) is 17.2. The Hall–Kier alpha value is -3.79. The van der Waals surface area contributed by atoms with Gasteiger partial charge in [-0.1, -0.05) is 36.4 Å². The van der Waals surface area contributed by atoms with Crippen LogP contribution in [0.3, 0.4) is 0 Å². The molecule has 2 rings (SSSR count). The van der Waals surface area contributed by atoms with E-state index in [2.05, 4.69) is 5.32 Å². The second-order valence-electron chi connectivity index (χ2n) is 6.28. The predicted molar refractivity (Wildman–Crippen MR) is 112 cm³/mol. The highest BCUT2D eigenvalue weighted by atomic mass is 16.6. The fourth-order valence-electron chi connectivity index (χ4n) is 2.65. The molecule has 30 heavy (non-hydrogen) atoms. The summed E-state index contributed by atoms with van der Waals surface area (Å²) in [6, 6.07) is 16.0. The van der Waals surface area contributed by atoms with Crippen LogP contribution in [0.5, 0.6) is 11.5 Å². The highest BCUT2D eigenvalue weighted by Crippen LogP contribution is 2.29. The number of amides is 1. The summed E-state index contributed by atoms with van der Waals surface area (Å²) in [5, 5.41) is 12.2. The minimum Gasteiger partial charge on any atom is -0.493 e. The number of hydrogen-bond donors (Lipinski definition) is 1. The fraction of sp³-hybridized carbons (Fsp3) is 0.261. The van der Waals surface area contributed by atoms with Gasteiger partial charge in [0, 0.05) is 0 Å². The molecule has 1 amide bonds. The first kappa shape index (κ1) is 22.5. The number of carbonyl (C=O) groups excluding carboxylic acids is 2. The third-order valence-corrected chi connectivity index (χ3v) is 4.16. The lowest BCUT2D eigenvalue weighted by Gasteiger charge is -2.14. The average Bonchev–Trinajstić information content (AvgIpc) is 2.76. The van der Waals surface area contributed by atoms with E-state index in [0.29, 0.717) is 17.1 Å². The van der Waals surface area contributed by atoms with Gasteiger partial charge in [-0.2, -0.15) is 5.26 Å². The molecule has 0 aliphatic heterocycles.